The summed E-state index contributed by atoms with van der Waals surface area (Å²) in [7, 11) is 0. The van der Waals surface area contributed by atoms with Gasteiger partial charge in [0.1, 0.15) is 0 Å². The molecule has 0 heterocycles. The molecule has 0 fully saturated rings. The predicted octanol–water partition coefficient (Wildman–Crippen LogP) is 7.21. The average molecular weight is 335 g/mol. The van der Waals surface area contributed by atoms with Crippen LogP contribution >= 0.6 is 0 Å². The van der Waals surface area contributed by atoms with Crippen molar-refractivity contribution in [1.82, 2.24) is 0 Å². The highest BCUT2D eigenvalue weighted by atomic mass is 14.8. The number of benzene rings is 2. The van der Waals surface area contributed by atoms with E-state index in [1.807, 2.05) is 30.3 Å². The van der Waals surface area contributed by atoms with Gasteiger partial charge in [-0.2, -0.15) is 0 Å². The second-order valence-corrected chi connectivity index (χ2v) is 7.30. The maximum absolute atomic E-state index is 5.02. The number of hydrogen-bond acceptors (Lipinski definition) is 2. The van der Waals surface area contributed by atoms with E-state index in [2.05, 4.69) is 59.7 Å². The maximum atomic E-state index is 5.02. The van der Waals surface area contributed by atoms with Crippen molar-refractivity contribution in [3.05, 3.63) is 59.7 Å². The summed E-state index contributed by atoms with van der Waals surface area (Å²) in [5.74, 6) is 0.925. The molecule has 25 heavy (non-hydrogen) atoms. The van der Waals surface area contributed by atoms with Crippen LogP contribution in [-0.4, -0.2) is 11.4 Å². The van der Waals surface area contributed by atoms with Crippen LogP contribution in [0.5, 0.6) is 0 Å². The molecule has 2 aromatic rings. The Balaban J connectivity index is 2.31. The molecule has 0 aromatic heterocycles. The van der Waals surface area contributed by atoms with Crippen LogP contribution < -0.4 is 0 Å². The lowest BCUT2D eigenvalue weighted by Crippen LogP contribution is -2.02. The minimum absolute atomic E-state index is 0.462. The summed E-state index contributed by atoms with van der Waals surface area (Å²) in [4.78, 5) is 9.71. The molecule has 2 nitrogen and oxygen atoms in total. The number of hydrogen-bond donors (Lipinski definition) is 0. The fourth-order valence-corrected chi connectivity index (χ4v) is 3.00. The van der Waals surface area contributed by atoms with Gasteiger partial charge in [-0.3, -0.25) is 9.98 Å². The van der Waals surface area contributed by atoms with E-state index < -0.39 is 0 Å². The third-order valence-corrected chi connectivity index (χ3v) is 4.23. The first-order chi connectivity index (χ1) is 11.9. The van der Waals surface area contributed by atoms with Crippen molar-refractivity contribution in [3.63, 3.8) is 0 Å². The van der Waals surface area contributed by atoms with E-state index in [9.17, 15) is 0 Å². The molecule has 2 aromatic carbocycles. The largest absolute Gasteiger partial charge is 0.258 e. The van der Waals surface area contributed by atoms with E-state index in [4.69, 9.17) is 9.98 Å². The van der Waals surface area contributed by atoms with Gasteiger partial charge in [0.15, 0.2) is 0 Å². The van der Waals surface area contributed by atoms with E-state index in [-0.39, 0.29) is 0 Å². The maximum Gasteiger partial charge on any atom is 0.0698 e. The number of nitrogens with zero attached hydrogens (tertiary/aromatic N) is 2. The quantitative estimate of drug-likeness (QED) is 0.499. The molecule has 132 valence electrons. The van der Waals surface area contributed by atoms with Gasteiger partial charge in [0.05, 0.1) is 11.4 Å². The average Bonchev–Trinajstić information content (AvgIpc) is 2.55. The smallest absolute Gasteiger partial charge is 0.0698 e. The molecule has 0 aliphatic rings. The lowest BCUT2D eigenvalue weighted by Gasteiger charge is -2.17. The highest BCUT2D eigenvalue weighted by molar-refractivity contribution is 6.04. The molecule has 0 saturated carbocycles. The van der Waals surface area contributed by atoms with Gasteiger partial charge >= 0.3 is 0 Å². The molecule has 0 spiro atoms. The minimum atomic E-state index is 0.462. The Bertz CT molecular complexity index is 727. The number of rotatable bonds is 6. The Morgan fingerprint density at radius 2 is 1.24 bits per heavy atom. The van der Waals surface area contributed by atoms with Crippen LogP contribution in [0.25, 0.3) is 0 Å². The van der Waals surface area contributed by atoms with E-state index in [1.54, 1.807) is 0 Å². The molecule has 0 radical (unpaired) electrons. The molecule has 0 N–H and O–H groups in total. The van der Waals surface area contributed by atoms with Crippen LogP contribution in [0.3, 0.4) is 0 Å². The Morgan fingerprint density at radius 3 is 1.76 bits per heavy atom. The summed E-state index contributed by atoms with van der Waals surface area (Å²) in [6, 6.07) is 16.7. The predicted molar refractivity (Wildman–Crippen MR) is 111 cm³/mol. The Labute approximate surface area is 152 Å². The molecule has 0 aliphatic heterocycles. The Kier molecular flexibility index (Phi) is 6.69. The van der Waals surface area contributed by atoms with Crippen molar-refractivity contribution in [2.75, 3.05) is 0 Å². The third-order valence-electron chi connectivity index (χ3n) is 4.23. The summed E-state index contributed by atoms with van der Waals surface area (Å²) in [6.45, 7) is 13.1. The lowest BCUT2D eigenvalue weighted by atomic mass is 9.93. The van der Waals surface area contributed by atoms with Crippen molar-refractivity contribution < 1.29 is 0 Å². The molecular weight excluding hydrogens is 304 g/mol. The minimum Gasteiger partial charge on any atom is -0.258 e. The summed E-state index contributed by atoms with van der Waals surface area (Å²) >= 11 is 0. The summed E-state index contributed by atoms with van der Waals surface area (Å²) in [5.41, 5.74) is 6.98. The van der Waals surface area contributed by atoms with Gasteiger partial charge in [0.2, 0.25) is 0 Å². The second kappa shape index (κ2) is 8.75. The number of para-hydroxylation sites is 2. The van der Waals surface area contributed by atoms with E-state index in [0.29, 0.717) is 11.8 Å². The molecular formula is C23H30N2. The van der Waals surface area contributed by atoms with Gasteiger partial charge in [-0.05, 0) is 48.9 Å². The van der Waals surface area contributed by atoms with Crippen molar-refractivity contribution in [2.45, 2.75) is 59.8 Å². The zero-order valence-corrected chi connectivity index (χ0v) is 16.4. The van der Waals surface area contributed by atoms with Gasteiger partial charge < -0.3 is 0 Å². The molecule has 0 aliphatic carbocycles. The summed E-state index contributed by atoms with van der Waals surface area (Å²) in [5, 5.41) is 0. The van der Waals surface area contributed by atoms with Crippen LogP contribution in [0.1, 0.15) is 70.9 Å². The van der Waals surface area contributed by atoms with Crippen LogP contribution in [0, 0.1) is 0 Å². The SMILES string of the molecule is C/C(C/C(C)=N/c1c(C(C)C)cccc1C(C)C)=N/c1ccccc1. The topological polar surface area (TPSA) is 24.7 Å². The zero-order chi connectivity index (χ0) is 18.4. The fraction of sp³-hybridized carbons (Fsp3) is 0.391. The molecule has 2 heteroatoms. The highest BCUT2D eigenvalue weighted by Gasteiger charge is 2.13. The Morgan fingerprint density at radius 1 is 0.720 bits per heavy atom. The molecule has 0 saturated heterocycles. The van der Waals surface area contributed by atoms with Crippen molar-refractivity contribution in [2.24, 2.45) is 9.98 Å². The number of aliphatic imine (C=N–C) groups is 2. The van der Waals surface area contributed by atoms with Crippen LogP contribution in [0.4, 0.5) is 11.4 Å². The monoisotopic (exact) mass is 334 g/mol. The van der Waals surface area contributed by atoms with Crippen molar-refractivity contribution in [1.29, 1.82) is 0 Å². The van der Waals surface area contributed by atoms with E-state index in [0.717, 1.165) is 29.2 Å². The van der Waals surface area contributed by atoms with Crippen LogP contribution in [0.15, 0.2) is 58.5 Å². The summed E-state index contributed by atoms with van der Waals surface area (Å²) < 4.78 is 0. The lowest BCUT2D eigenvalue weighted by molar-refractivity contribution is 0.834. The van der Waals surface area contributed by atoms with E-state index in [1.165, 1.54) is 11.1 Å². The van der Waals surface area contributed by atoms with Crippen molar-refractivity contribution >= 4 is 22.8 Å². The van der Waals surface area contributed by atoms with E-state index >= 15 is 0 Å². The van der Waals surface area contributed by atoms with Crippen LogP contribution in [0.2, 0.25) is 0 Å². The first-order valence-electron chi connectivity index (χ1n) is 9.14. The highest BCUT2D eigenvalue weighted by Crippen LogP contribution is 2.35. The zero-order valence-electron chi connectivity index (χ0n) is 16.4. The molecule has 2 rings (SSSR count). The van der Waals surface area contributed by atoms with Gasteiger partial charge in [-0.15, -0.1) is 0 Å². The molecule has 0 unspecified atom stereocenters. The Hall–Kier alpha value is -2.22. The van der Waals surface area contributed by atoms with Crippen LogP contribution in [-0.2, 0) is 0 Å². The molecule has 0 atom stereocenters. The third kappa shape index (κ3) is 5.38. The van der Waals surface area contributed by atoms with Gasteiger partial charge in [-0.25, -0.2) is 0 Å². The second-order valence-electron chi connectivity index (χ2n) is 7.30. The van der Waals surface area contributed by atoms with Crippen molar-refractivity contribution in [3.8, 4) is 0 Å². The first kappa shape index (κ1) is 19.1. The van der Waals surface area contributed by atoms with Gasteiger partial charge in [-0.1, -0.05) is 64.1 Å². The van der Waals surface area contributed by atoms with Gasteiger partial charge in [0, 0.05) is 17.8 Å². The molecule has 0 bridgehead atoms. The first-order valence-corrected chi connectivity index (χ1v) is 9.14. The summed E-state index contributed by atoms with van der Waals surface area (Å²) in [6.07, 6.45) is 0.791. The molecule has 0 amide bonds. The normalized spacial score (nSPS) is 13.0. The standard InChI is InChI=1S/C23H30N2/c1-16(2)21-13-10-14-22(17(3)4)23(21)25-19(6)15-18(5)24-20-11-8-7-9-12-20/h7-14,16-17H,15H2,1-6H3/b24-18-,25-19+. The van der Waals surface area contributed by atoms with Gasteiger partial charge in [0.25, 0.3) is 0 Å². The fourth-order valence-electron chi connectivity index (χ4n) is 3.00.